The van der Waals surface area contributed by atoms with E-state index < -0.39 is 0 Å². The molecule has 24 heavy (non-hydrogen) atoms. The van der Waals surface area contributed by atoms with Crippen molar-refractivity contribution in [1.29, 1.82) is 0 Å². The highest BCUT2D eigenvalue weighted by molar-refractivity contribution is 14.0. The van der Waals surface area contributed by atoms with Crippen molar-refractivity contribution in [1.82, 2.24) is 25.3 Å². The van der Waals surface area contributed by atoms with Crippen LogP contribution >= 0.6 is 24.0 Å². The number of aromatic nitrogens is 2. The first-order valence-electron chi connectivity index (χ1n) is 8.61. The Bertz CT molecular complexity index is 507. The molecule has 0 radical (unpaired) electrons. The normalized spacial score (nSPS) is 12.9. The quantitative estimate of drug-likeness (QED) is 0.362. The largest absolute Gasteiger partial charge is 0.355 e. The smallest absolute Gasteiger partial charge is 0.191 e. The van der Waals surface area contributed by atoms with Gasteiger partial charge in [0.2, 0.25) is 0 Å². The Morgan fingerprint density at radius 1 is 1.29 bits per heavy atom. The van der Waals surface area contributed by atoms with E-state index in [4.69, 9.17) is 0 Å². The molecule has 0 aromatic carbocycles. The van der Waals surface area contributed by atoms with Gasteiger partial charge in [0.25, 0.3) is 0 Å². The molecule has 1 heterocycles. The lowest BCUT2D eigenvalue weighted by molar-refractivity contribution is 0.308. The zero-order valence-corrected chi connectivity index (χ0v) is 18.6. The molecule has 7 heteroatoms. The fraction of sp³-hybridized carbons (Fsp3) is 0.765. The van der Waals surface area contributed by atoms with Crippen LogP contribution < -0.4 is 10.6 Å². The second kappa shape index (κ2) is 11.7. The molecule has 0 spiro atoms. The van der Waals surface area contributed by atoms with Crippen molar-refractivity contribution >= 4 is 29.9 Å². The lowest BCUT2D eigenvalue weighted by atomic mass is 10.1. The van der Waals surface area contributed by atoms with Gasteiger partial charge < -0.3 is 15.5 Å². The molecular formula is C17H35IN6. The van der Waals surface area contributed by atoms with E-state index in [1.807, 2.05) is 18.8 Å². The maximum atomic E-state index is 4.49. The summed E-state index contributed by atoms with van der Waals surface area (Å²) in [5, 5.41) is 11.4. The molecule has 0 aliphatic carbocycles. The predicted molar refractivity (Wildman–Crippen MR) is 114 cm³/mol. The summed E-state index contributed by atoms with van der Waals surface area (Å²) >= 11 is 0. The molecule has 0 aliphatic rings. The Labute approximate surface area is 164 Å². The topological polar surface area (TPSA) is 57.5 Å². The first-order valence-corrected chi connectivity index (χ1v) is 8.61. The molecule has 0 amide bonds. The van der Waals surface area contributed by atoms with Crippen LogP contribution in [0, 0.1) is 13.8 Å². The molecule has 1 aromatic rings. The fourth-order valence-corrected chi connectivity index (χ4v) is 2.77. The van der Waals surface area contributed by atoms with Gasteiger partial charge in [0.05, 0.1) is 5.69 Å². The SMILES string of the molecule is CCN(CC)CCNC(=NC)NC(C)Cc1c(C)nn(C)c1C.I. The zero-order chi connectivity index (χ0) is 17.4. The number of hydrogen-bond acceptors (Lipinski definition) is 3. The minimum Gasteiger partial charge on any atom is -0.355 e. The molecule has 0 saturated heterocycles. The highest BCUT2D eigenvalue weighted by Gasteiger charge is 2.14. The molecule has 140 valence electrons. The molecule has 6 nitrogen and oxygen atoms in total. The summed E-state index contributed by atoms with van der Waals surface area (Å²) in [5.41, 5.74) is 3.68. The van der Waals surface area contributed by atoms with Gasteiger partial charge in [-0.2, -0.15) is 5.10 Å². The number of aliphatic imine (C=N–C) groups is 1. The van der Waals surface area contributed by atoms with E-state index in [2.05, 4.69) is 60.2 Å². The van der Waals surface area contributed by atoms with E-state index in [-0.39, 0.29) is 24.0 Å². The Morgan fingerprint density at radius 2 is 1.92 bits per heavy atom. The Hall–Kier alpha value is -0.830. The van der Waals surface area contributed by atoms with Gasteiger partial charge in [-0.3, -0.25) is 9.67 Å². The van der Waals surface area contributed by atoms with Gasteiger partial charge >= 0.3 is 0 Å². The summed E-state index contributed by atoms with van der Waals surface area (Å²) < 4.78 is 1.95. The molecule has 0 fully saturated rings. The highest BCUT2D eigenvalue weighted by Crippen LogP contribution is 2.13. The number of aryl methyl sites for hydroxylation is 2. The van der Waals surface area contributed by atoms with E-state index in [0.29, 0.717) is 6.04 Å². The van der Waals surface area contributed by atoms with Crippen molar-refractivity contribution in [3.05, 3.63) is 17.0 Å². The van der Waals surface area contributed by atoms with Crippen LogP contribution in [0.2, 0.25) is 0 Å². The third kappa shape index (κ3) is 6.96. The maximum Gasteiger partial charge on any atom is 0.191 e. The van der Waals surface area contributed by atoms with Crippen molar-refractivity contribution < 1.29 is 0 Å². The van der Waals surface area contributed by atoms with E-state index >= 15 is 0 Å². The third-order valence-corrected chi connectivity index (χ3v) is 4.39. The Morgan fingerprint density at radius 3 is 2.38 bits per heavy atom. The number of rotatable bonds is 8. The number of nitrogens with one attached hydrogen (secondary N) is 2. The molecule has 1 rings (SSSR count). The predicted octanol–water partition coefficient (Wildman–Crippen LogP) is 2.09. The number of likely N-dealkylation sites (N-methyl/N-ethyl adjacent to an activating group) is 1. The molecule has 0 aliphatic heterocycles. The summed E-state index contributed by atoms with van der Waals surface area (Å²) in [5.74, 6) is 0.865. The molecule has 0 bridgehead atoms. The summed E-state index contributed by atoms with van der Waals surface area (Å²) in [4.78, 5) is 6.72. The number of guanidine groups is 1. The van der Waals surface area contributed by atoms with Crippen LogP contribution in [0.4, 0.5) is 0 Å². The summed E-state index contributed by atoms with van der Waals surface area (Å²) in [7, 11) is 3.82. The third-order valence-electron chi connectivity index (χ3n) is 4.39. The highest BCUT2D eigenvalue weighted by atomic mass is 127. The second-order valence-corrected chi connectivity index (χ2v) is 6.05. The molecular weight excluding hydrogens is 415 g/mol. The van der Waals surface area contributed by atoms with Crippen LogP contribution in [0.1, 0.15) is 37.7 Å². The lowest BCUT2D eigenvalue weighted by Crippen LogP contribution is -2.45. The fourth-order valence-electron chi connectivity index (χ4n) is 2.77. The van der Waals surface area contributed by atoms with E-state index in [1.54, 1.807) is 0 Å². The van der Waals surface area contributed by atoms with Crippen LogP contribution in [0.3, 0.4) is 0 Å². The summed E-state index contributed by atoms with van der Waals surface area (Å²) in [6, 6.07) is 0.302. The zero-order valence-electron chi connectivity index (χ0n) is 16.3. The number of nitrogens with zero attached hydrogens (tertiary/aromatic N) is 4. The van der Waals surface area contributed by atoms with Crippen molar-refractivity contribution in [2.24, 2.45) is 12.0 Å². The van der Waals surface area contributed by atoms with E-state index in [0.717, 1.165) is 44.3 Å². The number of halogens is 1. The minimum atomic E-state index is 0. The standard InChI is InChI=1S/C17H34N6.HI/c1-8-23(9-2)11-10-19-17(18-6)20-13(3)12-16-14(4)21-22(7)15(16)5;/h13H,8-12H2,1-7H3,(H2,18,19,20);1H. The average molecular weight is 450 g/mol. The van der Waals surface area contributed by atoms with Gasteiger partial charge in [-0.25, -0.2) is 0 Å². The summed E-state index contributed by atoms with van der Waals surface area (Å²) in [6.45, 7) is 14.9. The molecule has 1 aromatic heterocycles. The van der Waals surface area contributed by atoms with E-state index in [9.17, 15) is 0 Å². The van der Waals surface area contributed by atoms with Crippen LogP contribution in [0.25, 0.3) is 0 Å². The van der Waals surface area contributed by atoms with Gasteiger partial charge in [-0.1, -0.05) is 13.8 Å². The van der Waals surface area contributed by atoms with Crippen LogP contribution in [-0.4, -0.2) is 59.9 Å². The Balaban J connectivity index is 0.00000529. The van der Waals surface area contributed by atoms with Gasteiger partial charge in [0.15, 0.2) is 5.96 Å². The van der Waals surface area contributed by atoms with Crippen LogP contribution in [0.15, 0.2) is 4.99 Å². The summed E-state index contributed by atoms with van der Waals surface area (Å²) in [6.07, 6.45) is 0.947. The monoisotopic (exact) mass is 450 g/mol. The van der Waals surface area contributed by atoms with Crippen molar-refractivity contribution in [3.63, 3.8) is 0 Å². The van der Waals surface area contributed by atoms with Gasteiger partial charge in [0.1, 0.15) is 0 Å². The van der Waals surface area contributed by atoms with Crippen LogP contribution in [-0.2, 0) is 13.5 Å². The Kier molecular flexibility index (Phi) is 11.3. The van der Waals surface area contributed by atoms with Crippen LogP contribution in [0.5, 0.6) is 0 Å². The first-order chi connectivity index (χ1) is 10.9. The minimum absolute atomic E-state index is 0. The maximum absolute atomic E-state index is 4.49. The van der Waals surface area contributed by atoms with Crippen molar-refractivity contribution in [3.8, 4) is 0 Å². The van der Waals surface area contributed by atoms with Crippen molar-refractivity contribution in [2.45, 2.75) is 47.1 Å². The molecule has 0 saturated carbocycles. The lowest BCUT2D eigenvalue weighted by Gasteiger charge is -2.21. The van der Waals surface area contributed by atoms with Gasteiger partial charge in [0, 0.05) is 38.9 Å². The molecule has 2 N–H and O–H groups in total. The van der Waals surface area contributed by atoms with E-state index in [1.165, 1.54) is 11.3 Å². The first kappa shape index (κ1) is 23.2. The number of hydrogen-bond donors (Lipinski definition) is 2. The van der Waals surface area contributed by atoms with Gasteiger partial charge in [-0.05, 0) is 45.8 Å². The second-order valence-electron chi connectivity index (χ2n) is 6.05. The molecule has 1 atom stereocenters. The average Bonchev–Trinajstić information content (AvgIpc) is 2.76. The molecule has 1 unspecified atom stereocenters. The van der Waals surface area contributed by atoms with Gasteiger partial charge in [-0.15, -0.1) is 24.0 Å². The van der Waals surface area contributed by atoms with Crippen molar-refractivity contribution in [2.75, 3.05) is 33.2 Å².